The Hall–Kier alpha value is -8.30. The van der Waals surface area contributed by atoms with Crippen molar-refractivity contribution in [3.8, 4) is 22.3 Å². The summed E-state index contributed by atoms with van der Waals surface area (Å²) in [5.41, 5.74) is 19.5. The van der Waals surface area contributed by atoms with Crippen molar-refractivity contribution in [2.24, 2.45) is 0 Å². The number of hydrogen-bond donors (Lipinski definition) is 0. The van der Waals surface area contributed by atoms with Gasteiger partial charge in [0, 0.05) is 69.4 Å². The Labute approximate surface area is 436 Å². The summed E-state index contributed by atoms with van der Waals surface area (Å²) in [6.45, 7) is 6.63. The van der Waals surface area contributed by atoms with Gasteiger partial charge in [0.05, 0.1) is 27.8 Å². The molecule has 0 saturated carbocycles. The summed E-state index contributed by atoms with van der Waals surface area (Å²) < 4.78 is 17.0. The first kappa shape index (κ1) is 42.2. The number of nitrogens with zero attached hydrogens (tertiary/aromatic N) is 3. The lowest BCUT2D eigenvalue weighted by Crippen LogP contribution is -2.56. The molecule has 3 aliphatic heterocycles. The maximum absolute atomic E-state index is 7.36. The highest BCUT2D eigenvalue weighted by Gasteiger charge is 2.47. The Bertz CT molecular complexity index is 4460. The largest absolute Gasteiger partial charge is 0.456 e. The van der Waals surface area contributed by atoms with E-state index in [1.54, 1.807) is 0 Å². The SMILES string of the molecule is CC(C)(C)c1ccc(N2c3cc4c(cc3B3c5c(cc6oc7ccccc7c6c52)-c2ccc(N(c5ccccc5)c5ccccc5)c5c6c7ccccc7oc6n3c25)Sc2ccccc2S4)c(-c2ccccc2)c1. The van der Waals surface area contributed by atoms with Crippen molar-refractivity contribution >= 4 is 130 Å². The Morgan fingerprint density at radius 2 is 1.08 bits per heavy atom. The lowest BCUT2D eigenvalue weighted by molar-refractivity contribution is 0.590. The zero-order chi connectivity index (χ0) is 49.0. The lowest BCUT2D eigenvalue weighted by Gasteiger charge is -2.42. The van der Waals surface area contributed by atoms with Crippen LogP contribution in [0.1, 0.15) is 26.3 Å². The molecule has 5 nitrogen and oxygen atoms in total. The molecule has 0 bridgehead atoms. The average molecular weight is 986 g/mol. The highest BCUT2D eigenvalue weighted by Crippen LogP contribution is 2.57. The van der Waals surface area contributed by atoms with Gasteiger partial charge in [-0.25, -0.2) is 0 Å². The molecule has 3 aliphatic rings. The summed E-state index contributed by atoms with van der Waals surface area (Å²) in [4.78, 5) is 10.1. The Morgan fingerprint density at radius 3 is 1.77 bits per heavy atom. The number of fused-ring (bicyclic) bond motifs is 15. The van der Waals surface area contributed by atoms with Gasteiger partial charge >= 0.3 is 6.85 Å². The minimum Gasteiger partial charge on any atom is -0.456 e. The minimum atomic E-state index is -0.295. The molecule has 16 rings (SSSR count). The lowest BCUT2D eigenvalue weighted by atomic mass is 9.45. The molecule has 0 radical (unpaired) electrons. The van der Waals surface area contributed by atoms with E-state index < -0.39 is 0 Å². The van der Waals surface area contributed by atoms with Crippen molar-refractivity contribution in [2.75, 3.05) is 9.80 Å². The molecule has 0 unspecified atom stereocenters. The quantitative estimate of drug-likeness (QED) is 0.160. The van der Waals surface area contributed by atoms with Gasteiger partial charge in [0.25, 0.3) is 0 Å². The highest BCUT2D eigenvalue weighted by molar-refractivity contribution is 8.05. The summed E-state index contributed by atoms with van der Waals surface area (Å²) >= 11 is 3.74. The van der Waals surface area contributed by atoms with Crippen LogP contribution in [0.3, 0.4) is 0 Å². The summed E-state index contributed by atoms with van der Waals surface area (Å²) in [6.07, 6.45) is 0. The summed E-state index contributed by atoms with van der Waals surface area (Å²) in [5.74, 6) is 0. The number of para-hydroxylation sites is 4. The highest BCUT2D eigenvalue weighted by atomic mass is 32.2. The number of anilines is 6. The third-order valence-corrected chi connectivity index (χ3v) is 18.1. The number of benzene rings is 10. The topological polar surface area (TPSA) is 37.7 Å². The van der Waals surface area contributed by atoms with Crippen molar-refractivity contribution in [3.05, 3.63) is 218 Å². The molecule has 0 aliphatic carbocycles. The molecule has 3 aromatic heterocycles. The first-order valence-corrected chi connectivity index (χ1v) is 27.0. The predicted molar refractivity (Wildman–Crippen MR) is 311 cm³/mol. The van der Waals surface area contributed by atoms with E-state index in [4.69, 9.17) is 8.83 Å². The van der Waals surface area contributed by atoms with E-state index >= 15 is 0 Å². The van der Waals surface area contributed by atoms with Crippen LogP contribution in [0.5, 0.6) is 0 Å². The molecule has 0 spiro atoms. The van der Waals surface area contributed by atoms with E-state index in [0.29, 0.717) is 0 Å². The molecular formula is C66H44BN3O2S2. The molecule has 10 aromatic carbocycles. The van der Waals surface area contributed by atoms with E-state index in [0.717, 1.165) is 100 Å². The van der Waals surface area contributed by atoms with Crippen LogP contribution >= 0.6 is 23.5 Å². The van der Waals surface area contributed by atoms with Gasteiger partial charge in [-0.15, -0.1) is 0 Å². The normalized spacial score (nSPS) is 13.4. The first-order chi connectivity index (χ1) is 36.4. The number of aromatic nitrogens is 1. The van der Waals surface area contributed by atoms with Gasteiger partial charge in [-0.3, -0.25) is 0 Å². The molecule has 13 aromatic rings. The van der Waals surface area contributed by atoms with Gasteiger partial charge in [0.15, 0.2) is 5.71 Å². The van der Waals surface area contributed by atoms with Crippen LogP contribution in [0.4, 0.5) is 34.1 Å². The van der Waals surface area contributed by atoms with E-state index in [-0.39, 0.29) is 12.3 Å². The van der Waals surface area contributed by atoms with E-state index in [2.05, 4.69) is 247 Å². The Balaban J connectivity index is 1.10. The molecule has 74 heavy (non-hydrogen) atoms. The molecule has 0 amide bonds. The fourth-order valence-electron chi connectivity index (χ4n) is 12.3. The van der Waals surface area contributed by atoms with Crippen LogP contribution in [0.2, 0.25) is 0 Å². The number of hydrogen-bond acceptors (Lipinski definition) is 6. The first-order valence-electron chi connectivity index (χ1n) is 25.4. The van der Waals surface area contributed by atoms with Crippen LogP contribution in [0.25, 0.3) is 77.2 Å². The average Bonchev–Trinajstić information content (AvgIpc) is 4.11. The molecular weight excluding hydrogens is 942 g/mol. The number of rotatable bonds is 5. The third kappa shape index (κ3) is 5.98. The zero-order valence-corrected chi connectivity index (χ0v) is 42.4. The fraction of sp³-hybridized carbons (Fsp3) is 0.0606. The third-order valence-electron chi connectivity index (χ3n) is 15.5. The Kier molecular flexibility index (Phi) is 8.91. The van der Waals surface area contributed by atoms with Crippen LogP contribution in [-0.4, -0.2) is 11.3 Å². The van der Waals surface area contributed by atoms with Gasteiger partial charge < -0.3 is 23.1 Å². The molecule has 8 heteroatoms. The molecule has 350 valence electrons. The molecule has 0 saturated heterocycles. The second kappa shape index (κ2) is 15.6. The maximum atomic E-state index is 7.36. The van der Waals surface area contributed by atoms with Crippen molar-refractivity contribution in [2.45, 2.75) is 45.8 Å². The molecule has 0 N–H and O–H groups in total. The van der Waals surface area contributed by atoms with E-state index in [1.165, 1.54) is 47.2 Å². The fourth-order valence-corrected chi connectivity index (χ4v) is 14.6. The van der Waals surface area contributed by atoms with Gasteiger partial charge in [-0.2, -0.15) is 0 Å². The van der Waals surface area contributed by atoms with E-state index in [1.807, 2.05) is 23.5 Å². The van der Waals surface area contributed by atoms with Crippen LogP contribution in [-0.2, 0) is 5.41 Å². The summed E-state index contributed by atoms with van der Waals surface area (Å²) in [6, 6.07) is 77.7. The molecule has 0 atom stereocenters. The zero-order valence-electron chi connectivity index (χ0n) is 40.8. The Morgan fingerprint density at radius 1 is 0.473 bits per heavy atom. The second-order valence-electron chi connectivity index (χ2n) is 20.8. The minimum absolute atomic E-state index is 0.0792. The standard InChI is InChI=1S/C66H44BN3O2S2/c1-66(2,3)40-31-33-49(46(35-40)39-19-7-4-8-20-39)69-51-38-58-57(73-55-29-17-18-30-56(55)74-58)37-48(51)67-62-47(36-54-59(64(62)69)44-25-13-15-27-52(44)71-54)43-32-34-50(68(41-21-9-5-10-22-41)42-23-11-6-12-24-42)61-60-45-26-14-16-28-53(45)72-65(60)70(67)63(43)61/h4-38H,1-3H3. The molecule has 0 fully saturated rings. The van der Waals surface area contributed by atoms with Crippen LogP contribution in [0, 0.1) is 0 Å². The predicted octanol–water partition coefficient (Wildman–Crippen LogP) is 17.9. The second-order valence-corrected chi connectivity index (χ2v) is 22.9. The van der Waals surface area contributed by atoms with Crippen molar-refractivity contribution < 1.29 is 8.83 Å². The van der Waals surface area contributed by atoms with Gasteiger partial charge in [0.2, 0.25) is 0 Å². The monoisotopic (exact) mass is 985 g/mol. The number of furan rings is 2. The van der Waals surface area contributed by atoms with Gasteiger partial charge in [-0.1, -0.05) is 172 Å². The van der Waals surface area contributed by atoms with Crippen LogP contribution < -0.4 is 20.7 Å². The smallest absolute Gasteiger partial charge is 0.336 e. The molecule has 6 heterocycles. The van der Waals surface area contributed by atoms with Crippen molar-refractivity contribution in [1.29, 1.82) is 0 Å². The van der Waals surface area contributed by atoms with Gasteiger partial charge in [-0.05, 0) is 118 Å². The van der Waals surface area contributed by atoms with Crippen molar-refractivity contribution in [1.82, 2.24) is 4.48 Å². The maximum Gasteiger partial charge on any atom is 0.336 e. The summed E-state index contributed by atoms with van der Waals surface area (Å²) in [7, 11) is 0. The summed E-state index contributed by atoms with van der Waals surface area (Å²) in [5, 5.41) is 5.54. The van der Waals surface area contributed by atoms with Gasteiger partial charge in [0.1, 0.15) is 16.7 Å². The van der Waals surface area contributed by atoms with Crippen molar-refractivity contribution in [3.63, 3.8) is 0 Å². The van der Waals surface area contributed by atoms with Crippen LogP contribution in [0.15, 0.2) is 241 Å². The van der Waals surface area contributed by atoms with E-state index in [9.17, 15) is 0 Å².